The van der Waals surface area contributed by atoms with E-state index < -0.39 is 6.04 Å². The Hall–Kier alpha value is -1.10. The van der Waals surface area contributed by atoms with E-state index in [9.17, 15) is 9.90 Å². The fourth-order valence-corrected chi connectivity index (χ4v) is 2.55. The quantitative estimate of drug-likeness (QED) is 0.651. The smallest absolute Gasteiger partial charge is 0.237 e. The second kappa shape index (κ2) is 10.6. The molecule has 4 nitrogen and oxygen atoms in total. The lowest BCUT2D eigenvalue weighted by Gasteiger charge is -2.31. The fraction of sp³-hybridized carbons (Fsp3) is 0.588. The van der Waals surface area contributed by atoms with E-state index in [4.69, 9.17) is 5.73 Å². The molecule has 0 radical (unpaired) electrons. The Morgan fingerprint density at radius 3 is 2.36 bits per heavy atom. The number of halogens is 1. The molecule has 1 amide bonds. The average Bonchev–Trinajstić information content (AvgIpc) is 2.52. The third-order valence-electron chi connectivity index (χ3n) is 4.41. The number of aliphatic hydroxyl groups excluding tert-OH is 1. The van der Waals surface area contributed by atoms with Crippen LogP contribution in [0, 0.1) is 5.41 Å². The van der Waals surface area contributed by atoms with Crippen molar-refractivity contribution in [2.75, 3.05) is 13.2 Å². The van der Waals surface area contributed by atoms with E-state index in [2.05, 4.69) is 19.2 Å². The second-order valence-corrected chi connectivity index (χ2v) is 5.69. The van der Waals surface area contributed by atoms with Gasteiger partial charge in [-0.25, -0.2) is 0 Å². The SMILES string of the molecule is CCC(CC)(CCO)CNC(=O)[C@@H](N)Cc1ccccc1.Cl. The van der Waals surface area contributed by atoms with E-state index in [0.717, 1.165) is 18.4 Å². The maximum atomic E-state index is 12.1. The van der Waals surface area contributed by atoms with Crippen molar-refractivity contribution in [3.8, 4) is 0 Å². The number of benzene rings is 1. The normalized spacial score (nSPS) is 12.4. The van der Waals surface area contributed by atoms with Crippen LogP contribution in [0.25, 0.3) is 0 Å². The first kappa shape index (κ1) is 20.9. The molecule has 0 heterocycles. The average molecular weight is 329 g/mol. The van der Waals surface area contributed by atoms with Crippen LogP contribution in [0.4, 0.5) is 0 Å². The maximum Gasteiger partial charge on any atom is 0.237 e. The van der Waals surface area contributed by atoms with Crippen LogP contribution in [0.1, 0.15) is 38.7 Å². The number of hydrogen-bond acceptors (Lipinski definition) is 3. The molecule has 0 aromatic heterocycles. The van der Waals surface area contributed by atoms with Crippen molar-refractivity contribution in [1.82, 2.24) is 5.32 Å². The molecular formula is C17H29ClN2O2. The van der Waals surface area contributed by atoms with Crippen LogP contribution in [-0.4, -0.2) is 30.2 Å². The van der Waals surface area contributed by atoms with Gasteiger partial charge in [0.25, 0.3) is 0 Å². The van der Waals surface area contributed by atoms with E-state index in [1.807, 2.05) is 30.3 Å². The molecule has 4 N–H and O–H groups in total. The van der Waals surface area contributed by atoms with Crippen molar-refractivity contribution in [3.05, 3.63) is 35.9 Å². The summed E-state index contributed by atoms with van der Waals surface area (Å²) in [6, 6.07) is 9.25. The zero-order chi connectivity index (χ0) is 15.7. The van der Waals surface area contributed by atoms with Crippen LogP contribution in [0.15, 0.2) is 30.3 Å². The van der Waals surface area contributed by atoms with Gasteiger partial charge in [0.15, 0.2) is 0 Å². The summed E-state index contributed by atoms with van der Waals surface area (Å²) >= 11 is 0. The zero-order valence-corrected chi connectivity index (χ0v) is 14.4. The van der Waals surface area contributed by atoms with Gasteiger partial charge in [0, 0.05) is 13.2 Å². The summed E-state index contributed by atoms with van der Waals surface area (Å²) in [5.74, 6) is -0.122. The van der Waals surface area contributed by atoms with E-state index in [0.29, 0.717) is 19.4 Å². The van der Waals surface area contributed by atoms with Gasteiger partial charge < -0.3 is 16.2 Å². The maximum absolute atomic E-state index is 12.1. The van der Waals surface area contributed by atoms with Crippen molar-refractivity contribution in [1.29, 1.82) is 0 Å². The van der Waals surface area contributed by atoms with Crippen molar-refractivity contribution in [2.24, 2.45) is 11.1 Å². The first-order chi connectivity index (χ1) is 10.1. The molecule has 126 valence electrons. The van der Waals surface area contributed by atoms with Gasteiger partial charge in [-0.2, -0.15) is 0 Å². The van der Waals surface area contributed by atoms with Gasteiger partial charge in [0.2, 0.25) is 5.91 Å². The van der Waals surface area contributed by atoms with Crippen LogP contribution >= 0.6 is 12.4 Å². The second-order valence-electron chi connectivity index (χ2n) is 5.69. The Morgan fingerprint density at radius 1 is 1.27 bits per heavy atom. The standard InChI is InChI=1S/C17H28N2O2.ClH/c1-3-17(4-2,10-11-20)13-19-16(21)15(18)12-14-8-6-5-7-9-14;/h5-9,15,20H,3-4,10-13,18H2,1-2H3,(H,19,21);1H/t15-;/m0./s1. The van der Waals surface area contributed by atoms with Crippen molar-refractivity contribution in [2.45, 2.75) is 45.6 Å². The summed E-state index contributed by atoms with van der Waals surface area (Å²) in [5, 5.41) is 12.2. The number of hydrogen-bond donors (Lipinski definition) is 3. The molecule has 22 heavy (non-hydrogen) atoms. The molecule has 1 aromatic rings. The van der Waals surface area contributed by atoms with Crippen LogP contribution in [0.3, 0.4) is 0 Å². The molecule has 0 fully saturated rings. The largest absolute Gasteiger partial charge is 0.396 e. The molecule has 1 atom stereocenters. The van der Waals surface area contributed by atoms with E-state index in [1.54, 1.807) is 0 Å². The number of nitrogens with one attached hydrogen (secondary N) is 1. The lowest BCUT2D eigenvalue weighted by atomic mass is 9.79. The summed E-state index contributed by atoms with van der Waals surface area (Å²) < 4.78 is 0. The molecule has 0 aliphatic carbocycles. The number of carbonyl (C=O) groups excluding carboxylic acids is 1. The first-order valence-corrected chi connectivity index (χ1v) is 7.75. The summed E-state index contributed by atoms with van der Waals surface area (Å²) in [5.41, 5.74) is 7.01. The predicted octanol–water partition coefficient (Wildman–Crippen LogP) is 2.28. The molecule has 0 bridgehead atoms. The molecule has 0 saturated carbocycles. The molecule has 0 aliphatic rings. The highest BCUT2D eigenvalue weighted by molar-refractivity contribution is 5.85. The topological polar surface area (TPSA) is 75.3 Å². The van der Waals surface area contributed by atoms with Gasteiger partial charge in [-0.1, -0.05) is 44.2 Å². The lowest BCUT2D eigenvalue weighted by Crippen LogP contribution is -2.46. The van der Waals surface area contributed by atoms with Gasteiger partial charge in [-0.3, -0.25) is 4.79 Å². The zero-order valence-electron chi connectivity index (χ0n) is 13.5. The number of amides is 1. The van der Waals surface area contributed by atoms with Gasteiger partial charge >= 0.3 is 0 Å². The first-order valence-electron chi connectivity index (χ1n) is 7.75. The molecule has 1 rings (SSSR count). The fourth-order valence-electron chi connectivity index (χ4n) is 2.55. The van der Waals surface area contributed by atoms with Crippen molar-refractivity contribution < 1.29 is 9.90 Å². The number of nitrogens with two attached hydrogens (primary N) is 1. The predicted molar refractivity (Wildman–Crippen MR) is 93.1 cm³/mol. The van der Waals surface area contributed by atoms with Crippen LogP contribution in [0.5, 0.6) is 0 Å². The molecule has 0 aliphatic heterocycles. The van der Waals surface area contributed by atoms with E-state index in [-0.39, 0.29) is 30.3 Å². The molecule has 1 aromatic carbocycles. The Labute approximate surface area is 139 Å². The summed E-state index contributed by atoms with van der Waals surface area (Å²) in [7, 11) is 0. The molecule has 0 unspecified atom stereocenters. The summed E-state index contributed by atoms with van der Waals surface area (Å²) in [4.78, 5) is 12.1. The van der Waals surface area contributed by atoms with Gasteiger partial charge in [0.05, 0.1) is 6.04 Å². The Morgan fingerprint density at radius 2 is 1.86 bits per heavy atom. The lowest BCUT2D eigenvalue weighted by molar-refractivity contribution is -0.123. The number of carbonyl (C=O) groups is 1. The Bertz CT molecular complexity index is 422. The molecule has 5 heteroatoms. The highest BCUT2D eigenvalue weighted by atomic mass is 35.5. The monoisotopic (exact) mass is 328 g/mol. The minimum Gasteiger partial charge on any atom is -0.396 e. The Kier molecular flexibility index (Phi) is 10.1. The van der Waals surface area contributed by atoms with Crippen LogP contribution in [-0.2, 0) is 11.2 Å². The van der Waals surface area contributed by atoms with E-state index in [1.165, 1.54) is 0 Å². The minimum absolute atomic E-state index is 0. The van der Waals surface area contributed by atoms with E-state index >= 15 is 0 Å². The highest BCUT2D eigenvalue weighted by Gasteiger charge is 2.27. The third kappa shape index (κ3) is 6.34. The van der Waals surface area contributed by atoms with Crippen molar-refractivity contribution >= 4 is 18.3 Å². The van der Waals surface area contributed by atoms with Crippen molar-refractivity contribution in [3.63, 3.8) is 0 Å². The minimum atomic E-state index is -0.534. The molecule has 0 saturated heterocycles. The molecular weight excluding hydrogens is 300 g/mol. The summed E-state index contributed by atoms with van der Waals surface area (Å²) in [6.45, 7) is 4.90. The molecule has 0 spiro atoms. The van der Waals surface area contributed by atoms with Crippen LogP contribution < -0.4 is 11.1 Å². The van der Waals surface area contributed by atoms with Gasteiger partial charge in [0.1, 0.15) is 0 Å². The number of aliphatic hydroxyl groups is 1. The third-order valence-corrected chi connectivity index (χ3v) is 4.41. The Balaban J connectivity index is 0.00000441. The number of rotatable bonds is 9. The summed E-state index contributed by atoms with van der Waals surface area (Å²) in [6.07, 6.45) is 3.10. The highest BCUT2D eigenvalue weighted by Crippen LogP contribution is 2.29. The van der Waals surface area contributed by atoms with Gasteiger partial charge in [-0.15, -0.1) is 12.4 Å². The van der Waals surface area contributed by atoms with Gasteiger partial charge in [-0.05, 0) is 36.7 Å². The van der Waals surface area contributed by atoms with Crippen LogP contribution in [0.2, 0.25) is 0 Å².